The van der Waals surface area contributed by atoms with Crippen molar-refractivity contribution < 1.29 is 17.9 Å². The summed E-state index contributed by atoms with van der Waals surface area (Å²) in [5, 5.41) is 6.74. The van der Waals surface area contributed by atoms with E-state index in [0.29, 0.717) is 24.5 Å². The van der Waals surface area contributed by atoms with Gasteiger partial charge in [0, 0.05) is 18.7 Å². The number of amides is 2. The molecular formula is C19H27N5O4S. The molecule has 3 heterocycles. The molecular weight excluding hydrogens is 394 g/mol. The van der Waals surface area contributed by atoms with Crippen LogP contribution in [0.3, 0.4) is 0 Å². The average Bonchev–Trinajstić information content (AvgIpc) is 3.07. The van der Waals surface area contributed by atoms with Gasteiger partial charge in [-0.3, -0.25) is 4.98 Å². The van der Waals surface area contributed by atoms with Crippen LogP contribution in [0.25, 0.3) is 0 Å². The molecule has 2 amide bonds. The van der Waals surface area contributed by atoms with Gasteiger partial charge in [-0.1, -0.05) is 27.7 Å². The summed E-state index contributed by atoms with van der Waals surface area (Å²) in [6.45, 7) is 10.8. The number of hydrogen-bond donors (Lipinski definition) is 2. The van der Waals surface area contributed by atoms with Crippen LogP contribution < -0.4 is 14.8 Å². The third kappa shape index (κ3) is 4.36. The Morgan fingerprint density at radius 3 is 2.62 bits per heavy atom. The zero-order chi connectivity index (χ0) is 21.3. The number of aryl methyl sites for hydroxylation is 2. The topological polar surface area (TPSA) is 115 Å². The Morgan fingerprint density at radius 1 is 1.24 bits per heavy atom. The maximum absolute atomic E-state index is 12.7. The number of hydrogen-bond acceptors (Lipinski definition) is 6. The highest BCUT2D eigenvalue weighted by Gasteiger charge is 2.29. The molecule has 29 heavy (non-hydrogen) atoms. The number of nitrogens with zero attached hydrogens (tertiary/aromatic N) is 3. The van der Waals surface area contributed by atoms with Gasteiger partial charge in [0.25, 0.3) is 10.0 Å². The zero-order valence-corrected chi connectivity index (χ0v) is 18.1. The molecule has 2 aromatic rings. The van der Waals surface area contributed by atoms with Crippen molar-refractivity contribution in [2.24, 2.45) is 0 Å². The summed E-state index contributed by atoms with van der Waals surface area (Å²) in [6, 6.07) is 1.05. The molecule has 10 heteroatoms. The summed E-state index contributed by atoms with van der Waals surface area (Å²) < 4.78 is 34.5. The predicted octanol–water partition coefficient (Wildman–Crippen LogP) is 3.13. The average molecular weight is 422 g/mol. The van der Waals surface area contributed by atoms with Gasteiger partial charge in [0.1, 0.15) is 0 Å². The van der Waals surface area contributed by atoms with E-state index in [-0.39, 0.29) is 22.6 Å². The van der Waals surface area contributed by atoms with Gasteiger partial charge in [-0.25, -0.2) is 22.6 Å². The van der Waals surface area contributed by atoms with E-state index in [1.165, 1.54) is 10.9 Å². The van der Waals surface area contributed by atoms with Crippen LogP contribution in [-0.2, 0) is 16.6 Å². The van der Waals surface area contributed by atoms with Crippen molar-refractivity contribution in [3.8, 4) is 5.88 Å². The standard InChI is InChI=1S/C19H27N5O4S/c1-11(2)14-9-13(5)21-16(12(3)4)17(14)22-19(25)23-29(26,27)15-10-20-24-7-6-8-28-18(15)24/h9-12H,6-8H2,1-5H3,(H2,22,23,25). The van der Waals surface area contributed by atoms with E-state index in [1.54, 1.807) is 0 Å². The first-order chi connectivity index (χ1) is 13.6. The summed E-state index contributed by atoms with van der Waals surface area (Å²) in [4.78, 5) is 17.0. The van der Waals surface area contributed by atoms with Crippen LogP contribution >= 0.6 is 0 Å². The molecule has 0 fully saturated rings. The molecule has 3 rings (SSSR count). The van der Waals surface area contributed by atoms with Crippen molar-refractivity contribution in [3.63, 3.8) is 0 Å². The van der Waals surface area contributed by atoms with E-state index in [2.05, 4.69) is 20.1 Å². The van der Waals surface area contributed by atoms with Crippen molar-refractivity contribution in [2.75, 3.05) is 11.9 Å². The molecule has 0 radical (unpaired) electrons. The Labute approximate surface area is 170 Å². The summed E-state index contributed by atoms with van der Waals surface area (Å²) in [7, 11) is -4.14. The van der Waals surface area contributed by atoms with Crippen molar-refractivity contribution in [1.29, 1.82) is 0 Å². The maximum Gasteiger partial charge on any atom is 0.333 e. The molecule has 2 aromatic heterocycles. The fraction of sp³-hybridized carbons (Fsp3) is 0.526. The smallest absolute Gasteiger partial charge is 0.333 e. The fourth-order valence-electron chi connectivity index (χ4n) is 3.28. The molecule has 0 aliphatic carbocycles. The Hall–Kier alpha value is -2.62. The minimum absolute atomic E-state index is 0.0513. The highest BCUT2D eigenvalue weighted by atomic mass is 32.2. The summed E-state index contributed by atoms with van der Waals surface area (Å²) in [6.07, 6.45) is 1.95. The first kappa shape index (κ1) is 21.1. The summed E-state index contributed by atoms with van der Waals surface area (Å²) >= 11 is 0. The number of sulfonamides is 1. The zero-order valence-electron chi connectivity index (χ0n) is 17.3. The van der Waals surface area contributed by atoms with Gasteiger partial charge in [0.15, 0.2) is 4.90 Å². The van der Waals surface area contributed by atoms with Gasteiger partial charge in [-0.2, -0.15) is 5.10 Å². The van der Waals surface area contributed by atoms with E-state index < -0.39 is 16.1 Å². The van der Waals surface area contributed by atoms with Gasteiger partial charge in [-0.05, 0) is 30.4 Å². The minimum Gasteiger partial charge on any atom is -0.477 e. The SMILES string of the molecule is Cc1cc(C(C)C)c(NC(=O)NS(=O)(=O)c2cnn3c2OCCC3)c(C(C)C)n1. The summed E-state index contributed by atoms with van der Waals surface area (Å²) in [5.41, 5.74) is 3.01. The van der Waals surface area contributed by atoms with Crippen LogP contribution in [0.4, 0.5) is 10.5 Å². The summed E-state index contributed by atoms with van der Waals surface area (Å²) in [5.74, 6) is 0.326. The minimum atomic E-state index is -4.14. The molecule has 0 bridgehead atoms. The molecule has 0 spiro atoms. The molecule has 0 atom stereocenters. The second kappa shape index (κ2) is 8.02. The monoisotopic (exact) mass is 421 g/mol. The Bertz CT molecular complexity index is 998. The van der Waals surface area contributed by atoms with E-state index in [9.17, 15) is 13.2 Å². The lowest BCUT2D eigenvalue weighted by molar-refractivity contribution is 0.224. The van der Waals surface area contributed by atoms with Crippen LogP contribution in [0.15, 0.2) is 17.2 Å². The van der Waals surface area contributed by atoms with Gasteiger partial charge < -0.3 is 10.1 Å². The lowest BCUT2D eigenvalue weighted by Gasteiger charge is -2.20. The van der Waals surface area contributed by atoms with Gasteiger partial charge >= 0.3 is 6.03 Å². The molecule has 0 saturated heterocycles. The van der Waals surface area contributed by atoms with Crippen LogP contribution in [0.2, 0.25) is 0 Å². The number of fused-ring (bicyclic) bond motifs is 1. The largest absolute Gasteiger partial charge is 0.477 e. The molecule has 0 aromatic carbocycles. The predicted molar refractivity (Wildman–Crippen MR) is 109 cm³/mol. The number of nitrogens with one attached hydrogen (secondary N) is 2. The lowest BCUT2D eigenvalue weighted by Crippen LogP contribution is -2.35. The van der Waals surface area contributed by atoms with Crippen LogP contribution in [0, 0.1) is 6.92 Å². The van der Waals surface area contributed by atoms with Gasteiger partial charge in [-0.15, -0.1) is 0 Å². The Balaban J connectivity index is 1.88. The second-order valence-electron chi connectivity index (χ2n) is 7.72. The van der Waals surface area contributed by atoms with E-state index in [1.807, 2.05) is 40.7 Å². The normalized spacial score (nSPS) is 13.9. The fourth-order valence-corrected chi connectivity index (χ4v) is 4.26. The van der Waals surface area contributed by atoms with Crippen molar-refractivity contribution in [1.82, 2.24) is 19.5 Å². The molecule has 158 valence electrons. The number of pyridine rings is 1. The Morgan fingerprint density at radius 2 is 1.97 bits per heavy atom. The molecule has 0 saturated carbocycles. The molecule has 2 N–H and O–H groups in total. The van der Waals surface area contributed by atoms with E-state index in [0.717, 1.165) is 17.7 Å². The number of anilines is 1. The third-order valence-electron chi connectivity index (χ3n) is 4.64. The number of urea groups is 1. The second-order valence-corrected chi connectivity index (χ2v) is 9.37. The number of aromatic nitrogens is 3. The number of ether oxygens (including phenoxy) is 1. The van der Waals surface area contributed by atoms with Crippen molar-refractivity contribution in [3.05, 3.63) is 29.2 Å². The molecule has 1 aliphatic heterocycles. The van der Waals surface area contributed by atoms with Crippen molar-refractivity contribution in [2.45, 2.75) is 64.3 Å². The Kier molecular flexibility index (Phi) is 5.83. The highest BCUT2D eigenvalue weighted by Crippen LogP contribution is 2.32. The molecule has 9 nitrogen and oxygen atoms in total. The quantitative estimate of drug-likeness (QED) is 0.766. The van der Waals surface area contributed by atoms with E-state index >= 15 is 0 Å². The molecule has 0 unspecified atom stereocenters. The highest BCUT2D eigenvalue weighted by molar-refractivity contribution is 7.90. The van der Waals surface area contributed by atoms with Gasteiger partial charge in [0.05, 0.1) is 24.2 Å². The van der Waals surface area contributed by atoms with Crippen LogP contribution in [0.1, 0.15) is 62.9 Å². The van der Waals surface area contributed by atoms with Crippen molar-refractivity contribution >= 4 is 21.7 Å². The first-order valence-electron chi connectivity index (χ1n) is 9.64. The van der Waals surface area contributed by atoms with Gasteiger partial charge in [0.2, 0.25) is 5.88 Å². The van der Waals surface area contributed by atoms with Crippen LogP contribution in [0.5, 0.6) is 5.88 Å². The number of carbonyl (C=O) groups excluding carboxylic acids is 1. The van der Waals surface area contributed by atoms with E-state index in [4.69, 9.17) is 4.74 Å². The molecule has 1 aliphatic rings. The van der Waals surface area contributed by atoms with Crippen LogP contribution in [-0.4, -0.2) is 35.8 Å². The number of rotatable bonds is 5. The third-order valence-corrected chi connectivity index (χ3v) is 5.96. The maximum atomic E-state index is 12.7. The lowest BCUT2D eigenvalue weighted by atomic mass is 9.96. The number of carbonyl (C=O) groups is 1. The first-order valence-corrected chi connectivity index (χ1v) is 11.1.